The van der Waals surface area contributed by atoms with Crippen LogP contribution in [0.1, 0.15) is 6.92 Å². The molecule has 0 aliphatic rings. The zero-order valence-corrected chi connectivity index (χ0v) is 8.63. The third kappa shape index (κ3) is 1.29. The predicted molar refractivity (Wildman–Crippen MR) is 53.7 cm³/mol. The Labute approximate surface area is 82.7 Å². The lowest BCUT2D eigenvalue weighted by Crippen LogP contribution is -2.03. The molecule has 0 saturated heterocycles. The minimum Gasteiger partial charge on any atom is -0.327 e. The summed E-state index contributed by atoms with van der Waals surface area (Å²) in [6.07, 6.45) is 3.36. The van der Waals surface area contributed by atoms with E-state index in [2.05, 4.69) is 26.0 Å². The van der Waals surface area contributed by atoms with E-state index in [9.17, 15) is 4.79 Å². The van der Waals surface area contributed by atoms with Gasteiger partial charge in [-0.1, -0.05) is 0 Å². The SMILES string of the molecule is CCn1cc2c(=O)[nH]cc(Br)c2n1. The van der Waals surface area contributed by atoms with Gasteiger partial charge < -0.3 is 4.98 Å². The van der Waals surface area contributed by atoms with Crippen molar-refractivity contribution in [2.24, 2.45) is 0 Å². The topological polar surface area (TPSA) is 50.7 Å². The fraction of sp³-hybridized carbons (Fsp3) is 0.250. The largest absolute Gasteiger partial charge is 0.327 e. The highest BCUT2D eigenvalue weighted by Gasteiger charge is 2.06. The molecule has 2 rings (SSSR count). The molecule has 68 valence electrons. The third-order valence-electron chi connectivity index (χ3n) is 1.89. The Kier molecular flexibility index (Phi) is 1.95. The number of hydrogen-bond donors (Lipinski definition) is 1. The summed E-state index contributed by atoms with van der Waals surface area (Å²) in [5.74, 6) is 0. The summed E-state index contributed by atoms with van der Waals surface area (Å²) >= 11 is 3.33. The summed E-state index contributed by atoms with van der Waals surface area (Å²) in [6, 6.07) is 0. The predicted octanol–water partition coefficient (Wildman–Crippen LogP) is 1.51. The molecule has 0 atom stereocenters. The fourth-order valence-corrected chi connectivity index (χ4v) is 1.61. The first kappa shape index (κ1) is 8.50. The number of pyridine rings is 1. The van der Waals surface area contributed by atoms with Gasteiger partial charge in [-0.05, 0) is 22.9 Å². The number of aryl methyl sites for hydroxylation is 1. The van der Waals surface area contributed by atoms with Crippen LogP contribution in [-0.4, -0.2) is 14.8 Å². The fourth-order valence-electron chi connectivity index (χ4n) is 1.20. The third-order valence-corrected chi connectivity index (χ3v) is 2.49. The average Bonchev–Trinajstić information content (AvgIpc) is 2.56. The number of halogens is 1. The zero-order valence-electron chi connectivity index (χ0n) is 7.04. The number of aromatic amines is 1. The van der Waals surface area contributed by atoms with Crippen LogP contribution in [0.25, 0.3) is 10.9 Å². The molecule has 2 aromatic heterocycles. The van der Waals surface area contributed by atoms with Crippen LogP contribution in [0.2, 0.25) is 0 Å². The number of nitrogens with one attached hydrogen (secondary N) is 1. The normalized spacial score (nSPS) is 10.9. The van der Waals surface area contributed by atoms with E-state index in [0.717, 1.165) is 11.0 Å². The maximum Gasteiger partial charge on any atom is 0.259 e. The molecular formula is C8H8BrN3O. The summed E-state index contributed by atoms with van der Waals surface area (Å²) < 4.78 is 2.55. The molecule has 0 bridgehead atoms. The molecule has 0 aliphatic carbocycles. The monoisotopic (exact) mass is 241 g/mol. The van der Waals surface area contributed by atoms with Crippen LogP contribution in [-0.2, 0) is 6.54 Å². The van der Waals surface area contributed by atoms with Gasteiger partial charge in [0.1, 0.15) is 5.52 Å². The number of fused-ring (bicyclic) bond motifs is 1. The van der Waals surface area contributed by atoms with E-state index < -0.39 is 0 Å². The maximum atomic E-state index is 11.3. The number of hydrogen-bond acceptors (Lipinski definition) is 2. The second-order valence-corrected chi connectivity index (χ2v) is 3.57. The number of aromatic nitrogens is 3. The quantitative estimate of drug-likeness (QED) is 0.823. The molecule has 0 unspecified atom stereocenters. The Morgan fingerprint density at radius 2 is 2.46 bits per heavy atom. The second-order valence-electron chi connectivity index (χ2n) is 2.71. The van der Waals surface area contributed by atoms with Crippen molar-refractivity contribution in [2.75, 3.05) is 0 Å². The van der Waals surface area contributed by atoms with Gasteiger partial charge in [-0.3, -0.25) is 9.48 Å². The van der Waals surface area contributed by atoms with E-state index in [1.54, 1.807) is 17.1 Å². The highest BCUT2D eigenvalue weighted by molar-refractivity contribution is 9.10. The van der Waals surface area contributed by atoms with Gasteiger partial charge in [0.25, 0.3) is 5.56 Å². The van der Waals surface area contributed by atoms with E-state index in [1.165, 1.54) is 0 Å². The van der Waals surface area contributed by atoms with Gasteiger partial charge in [-0.15, -0.1) is 0 Å². The summed E-state index contributed by atoms with van der Waals surface area (Å²) in [5, 5.41) is 4.86. The molecule has 2 aromatic rings. The molecule has 1 N–H and O–H groups in total. The molecule has 0 saturated carbocycles. The van der Waals surface area contributed by atoms with Crippen molar-refractivity contribution in [1.29, 1.82) is 0 Å². The molecule has 0 spiro atoms. The Morgan fingerprint density at radius 3 is 3.08 bits per heavy atom. The van der Waals surface area contributed by atoms with Crippen molar-refractivity contribution in [3.63, 3.8) is 0 Å². The summed E-state index contributed by atoms with van der Waals surface area (Å²) in [5.41, 5.74) is 0.614. The summed E-state index contributed by atoms with van der Waals surface area (Å²) in [7, 11) is 0. The summed E-state index contributed by atoms with van der Waals surface area (Å²) in [6.45, 7) is 2.74. The van der Waals surface area contributed by atoms with Crippen LogP contribution in [0.4, 0.5) is 0 Å². The standard InChI is InChI=1S/C8H8BrN3O/c1-2-12-4-5-7(11-12)6(9)3-10-8(5)13/h3-4H,2H2,1H3,(H,10,13). The minimum atomic E-state index is -0.0992. The van der Waals surface area contributed by atoms with Gasteiger partial charge in [0.2, 0.25) is 0 Å². The summed E-state index contributed by atoms with van der Waals surface area (Å²) in [4.78, 5) is 14.0. The molecule has 4 nitrogen and oxygen atoms in total. The number of nitrogens with zero attached hydrogens (tertiary/aromatic N) is 2. The Hall–Kier alpha value is -1.10. The second kappa shape index (κ2) is 2.99. The van der Waals surface area contributed by atoms with E-state index in [1.807, 2.05) is 6.92 Å². The van der Waals surface area contributed by atoms with Crippen molar-refractivity contribution in [3.05, 3.63) is 27.2 Å². The first-order valence-electron chi connectivity index (χ1n) is 3.96. The lowest BCUT2D eigenvalue weighted by molar-refractivity contribution is 0.667. The van der Waals surface area contributed by atoms with Gasteiger partial charge >= 0.3 is 0 Å². The molecule has 5 heteroatoms. The molecule has 2 heterocycles. The number of rotatable bonds is 1. The first-order chi connectivity index (χ1) is 6.22. The average molecular weight is 242 g/mol. The van der Waals surface area contributed by atoms with Crippen molar-refractivity contribution < 1.29 is 0 Å². The van der Waals surface area contributed by atoms with Gasteiger partial charge in [0.15, 0.2) is 0 Å². The van der Waals surface area contributed by atoms with Crippen LogP contribution < -0.4 is 5.56 Å². The van der Waals surface area contributed by atoms with Gasteiger partial charge in [0.05, 0.1) is 9.86 Å². The first-order valence-corrected chi connectivity index (χ1v) is 4.76. The molecular weight excluding hydrogens is 234 g/mol. The van der Waals surface area contributed by atoms with Crippen molar-refractivity contribution in [2.45, 2.75) is 13.5 Å². The van der Waals surface area contributed by atoms with Crippen LogP contribution in [0.5, 0.6) is 0 Å². The Balaban J connectivity index is 2.88. The van der Waals surface area contributed by atoms with Crippen LogP contribution >= 0.6 is 15.9 Å². The lowest BCUT2D eigenvalue weighted by Gasteiger charge is -1.90. The van der Waals surface area contributed by atoms with Crippen LogP contribution in [0, 0.1) is 0 Å². The molecule has 0 aromatic carbocycles. The zero-order chi connectivity index (χ0) is 9.42. The molecule has 13 heavy (non-hydrogen) atoms. The van der Waals surface area contributed by atoms with E-state index in [4.69, 9.17) is 0 Å². The minimum absolute atomic E-state index is 0.0992. The smallest absolute Gasteiger partial charge is 0.259 e. The lowest BCUT2D eigenvalue weighted by atomic mass is 10.3. The van der Waals surface area contributed by atoms with Crippen LogP contribution in [0.3, 0.4) is 0 Å². The van der Waals surface area contributed by atoms with Crippen LogP contribution in [0.15, 0.2) is 21.7 Å². The van der Waals surface area contributed by atoms with Gasteiger partial charge in [0, 0.05) is 18.9 Å². The van der Waals surface area contributed by atoms with Crippen molar-refractivity contribution in [3.8, 4) is 0 Å². The molecule has 0 fully saturated rings. The Bertz CT molecular complexity index is 500. The molecule has 0 aliphatic heterocycles. The van der Waals surface area contributed by atoms with E-state index in [-0.39, 0.29) is 5.56 Å². The number of H-pyrrole nitrogens is 1. The molecule has 0 radical (unpaired) electrons. The maximum absolute atomic E-state index is 11.3. The van der Waals surface area contributed by atoms with Crippen molar-refractivity contribution >= 4 is 26.8 Å². The van der Waals surface area contributed by atoms with Gasteiger partial charge in [-0.25, -0.2) is 0 Å². The van der Waals surface area contributed by atoms with E-state index in [0.29, 0.717) is 10.9 Å². The molecule has 0 amide bonds. The van der Waals surface area contributed by atoms with E-state index >= 15 is 0 Å². The van der Waals surface area contributed by atoms with Gasteiger partial charge in [-0.2, -0.15) is 5.10 Å². The van der Waals surface area contributed by atoms with Crippen molar-refractivity contribution in [1.82, 2.24) is 14.8 Å². The highest BCUT2D eigenvalue weighted by Crippen LogP contribution is 2.17. The highest BCUT2D eigenvalue weighted by atomic mass is 79.9. The Morgan fingerprint density at radius 1 is 1.69 bits per heavy atom.